The van der Waals surface area contributed by atoms with E-state index in [0.29, 0.717) is 6.54 Å². The molecule has 0 saturated carbocycles. The summed E-state index contributed by atoms with van der Waals surface area (Å²) in [6.07, 6.45) is 4.73. The van der Waals surface area contributed by atoms with Gasteiger partial charge in [-0.1, -0.05) is 36.4 Å². The van der Waals surface area contributed by atoms with Crippen LogP contribution in [0.2, 0.25) is 0 Å². The van der Waals surface area contributed by atoms with E-state index < -0.39 is 0 Å². The second-order valence-corrected chi connectivity index (χ2v) is 3.49. The van der Waals surface area contributed by atoms with Crippen molar-refractivity contribution < 1.29 is 4.79 Å². The van der Waals surface area contributed by atoms with E-state index in [4.69, 9.17) is 0 Å². The van der Waals surface area contributed by atoms with E-state index in [1.54, 1.807) is 4.90 Å². The smallest absolute Gasteiger partial charge is 0.210 e. The molecule has 1 amide bonds. The summed E-state index contributed by atoms with van der Waals surface area (Å²) in [5.74, 6) is 0. The first-order chi connectivity index (χ1) is 7.36. The lowest BCUT2D eigenvalue weighted by atomic mass is 10.2. The van der Waals surface area contributed by atoms with E-state index >= 15 is 0 Å². The molecule has 0 N–H and O–H groups in total. The number of allylic oxidation sites excluding steroid dienone is 1. The van der Waals surface area contributed by atoms with E-state index in [1.807, 2.05) is 36.4 Å². The highest BCUT2D eigenvalue weighted by Crippen LogP contribution is 2.04. The van der Waals surface area contributed by atoms with Crippen LogP contribution in [0.15, 0.2) is 43.0 Å². The van der Waals surface area contributed by atoms with Crippen LogP contribution in [0.5, 0.6) is 0 Å². The van der Waals surface area contributed by atoms with Crippen molar-refractivity contribution in [1.82, 2.24) is 4.90 Å². The summed E-state index contributed by atoms with van der Waals surface area (Å²) in [7, 11) is 0. The van der Waals surface area contributed by atoms with Crippen molar-refractivity contribution >= 4 is 6.41 Å². The normalized spacial score (nSPS) is 9.60. The molecule has 1 rings (SSSR count). The molecule has 0 unspecified atom stereocenters. The molecule has 0 aromatic heterocycles. The van der Waals surface area contributed by atoms with Crippen LogP contribution in [0.1, 0.15) is 18.4 Å². The number of amides is 1. The second kappa shape index (κ2) is 6.82. The van der Waals surface area contributed by atoms with Crippen molar-refractivity contribution in [2.24, 2.45) is 0 Å². The molecule has 0 atom stereocenters. The van der Waals surface area contributed by atoms with Crippen LogP contribution in [-0.4, -0.2) is 17.9 Å². The first-order valence-electron chi connectivity index (χ1n) is 5.21. The minimum absolute atomic E-state index is 0.696. The summed E-state index contributed by atoms with van der Waals surface area (Å²) in [5.41, 5.74) is 1.17. The summed E-state index contributed by atoms with van der Waals surface area (Å²) in [6, 6.07) is 10.0. The molecule has 0 saturated heterocycles. The number of rotatable bonds is 7. The Morgan fingerprint density at radius 3 is 2.60 bits per heavy atom. The topological polar surface area (TPSA) is 20.3 Å². The minimum Gasteiger partial charge on any atom is -0.341 e. The number of carbonyl (C=O) groups excluding carboxylic acids is 1. The van der Waals surface area contributed by atoms with Gasteiger partial charge in [0.15, 0.2) is 0 Å². The Labute approximate surface area is 91.2 Å². The number of hydrogen-bond acceptors (Lipinski definition) is 1. The molecule has 0 bridgehead atoms. The van der Waals surface area contributed by atoms with Gasteiger partial charge in [0.2, 0.25) is 6.41 Å². The van der Waals surface area contributed by atoms with Gasteiger partial charge in [0.05, 0.1) is 0 Å². The lowest BCUT2D eigenvalue weighted by Gasteiger charge is -2.16. The minimum atomic E-state index is 0.696. The summed E-state index contributed by atoms with van der Waals surface area (Å²) >= 11 is 0. The number of hydrogen-bond donors (Lipinski definition) is 0. The van der Waals surface area contributed by atoms with Gasteiger partial charge < -0.3 is 4.90 Å². The maximum Gasteiger partial charge on any atom is 0.210 e. The third-order valence-electron chi connectivity index (χ3n) is 2.23. The zero-order chi connectivity index (χ0) is 10.9. The quantitative estimate of drug-likeness (QED) is 0.379. The van der Waals surface area contributed by atoms with Crippen molar-refractivity contribution in [2.45, 2.75) is 19.4 Å². The molecule has 0 fully saturated rings. The maximum atomic E-state index is 10.8. The van der Waals surface area contributed by atoms with E-state index in [9.17, 15) is 4.79 Å². The molecule has 0 spiro atoms. The lowest BCUT2D eigenvalue weighted by molar-refractivity contribution is -0.118. The van der Waals surface area contributed by atoms with Gasteiger partial charge in [0.25, 0.3) is 0 Å². The standard InChI is InChI=1S/C13H17NO/c1-2-3-7-10-14(12-15)11-13-8-5-4-6-9-13/h2,4-6,8-9,12H,1,3,7,10-11H2. The van der Waals surface area contributed by atoms with E-state index in [-0.39, 0.29) is 0 Å². The van der Waals surface area contributed by atoms with Crippen LogP contribution in [0.4, 0.5) is 0 Å². The molecule has 15 heavy (non-hydrogen) atoms. The number of nitrogens with zero attached hydrogens (tertiary/aromatic N) is 1. The Hall–Kier alpha value is -1.57. The zero-order valence-electron chi connectivity index (χ0n) is 8.93. The molecule has 1 aromatic carbocycles. The van der Waals surface area contributed by atoms with Crippen LogP contribution >= 0.6 is 0 Å². The average Bonchev–Trinajstić information content (AvgIpc) is 2.29. The molecule has 0 aliphatic rings. The fourth-order valence-corrected chi connectivity index (χ4v) is 1.43. The second-order valence-electron chi connectivity index (χ2n) is 3.49. The van der Waals surface area contributed by atoms with Crippen LogP contribution < -0.4 is 0 Å². The van der Waals surface area contributed by atoms with Gasteiger partial charge in [-0.15, -0.1) is 6.58 Å². The Bertz CT molecular complexity index is 295. The first kappa shape index (κ1) is 11.5. The molecule has 2 heteroatoms. The SMILES string of the molecule is C=CCCCN(C=O)Cc1ccccc1. The Balaban J connectivity index is 2.40. The maximum absolute atomic E-state index is 10.8. The van der Waals surface area contributed by atoms with Crippen molar-refractivity contribution in [3.05, 3.63) is 48.6 Å². The van der Waals surface area contributed by atoms with Crippen molar-refractivity contribution in [3.63, 3.8) is 0 Å². The van der Waals surface area contributed by atoms with E-state index in [2.05, 4.69) is 6.58 Å². The molecular formula is C13H17NO. The first-order valence-corrected chi connectivity index (χ1v) is 5.21. The third kappa shape index (κ3) is 4.45. The van der Waals surface area contributed by atoms with Gasteiger partial charge in [-0.2, -0.15) is 0 Å². The fourth-order valence-electron chi connectivity index (χ4n) is 1.43. The summed E-state index contributed by atoms with van der Waals surface area (Å²) in [6.45, 7) is 5.15. The molecule has 2 nitrogen and oxygen atoms in total. The average molecular weight is 203 g/mol. The highest BCUT2D eigenvalue weighted by molar-refractivity contribution is 5.47. The highest BCUT2D eigenvalue weighted by atomic mass is 16.1. The lowest BCUT2D eigenvalue weighted by Crippen LogP contribution is -2.22. The van der Waals surface area contributed by atoms with Gasteiger partial charge in [-0.05, 0) is 18.4 Å². The highest BCUT2D eigenvalue weighted by Gasteiger charge is 2.01. The van der Waals surface area contributed by atoms with Crippen molar-refractivity contribution in [2.75, 3.05) is 6.54 Å². The molecule has 0 radical (unpaired) electrons. The van der Waals surface area contributed by atoms with Crippen molar-refractivity contribution in [1.29, 1.82) is 0 Å². The van der Waals surface area contributed by atoms with Gasteiger partial charge in [-0.25, -0.2) is 0 Å². The van der Waals surface area contributed by atoms with Gasteiger partial charge in [0.1, 0.15) is 0 Å². The largest absolute Gasteiger partial charge is 0.341 e. The predicted octanol–water partition coefficient (Wildman–Crippen LogP) is 2.61. The summed E-state index contributed by atoms with van der Waals surface area (Å²) in [5, 5.41) is 0. The van der Waals surface area contributed by atoms with Gasteiger partial charge in [-0.3, -0.25) is 4.79 Å². The molecule has 0 aliphatic carbocycles. The van der Waals surface area contributed by atoms with Crippen LogP contribution in [0.25, 0.3) is 0 Å². The summed E-state index contributed by atoms with van der Waals surface area (Å²) in [4.78, 5) is 12.6. The molecule has 0 heterocycles. The van der Waals surface area contributed by atoms with Crippen LogP contribution in [0.3, 0.4) is 0 Å². The Morgan fingerprint density at radius 1 is 1.27 bits per heavy atom. The zero-order valence-corrected chi connectivity index (χ0v) is 8.93. The number of carbonyl (C=O) groups is 1. The monoisotopic (exact) mass is 203 g/mol. The third-order valence-corrected chi connectivity index (χ3v) is 2.23. The summed E-state index contributed by atoms with van der Waals surface area (Å²) < 4.78 is 0. The Kier molecular flexibility index (Phi) is 5.23. The van der Waals surface area contributed by atoms with Gasteiger partial charge in [0, 0.05) is 13.1 Å². The van der Waals surface area contributed by atoms with Gasteiger partial charge >= 0.3 is 0 Å². The van der Waals surface area contributed by atoms with Crippen LogP contribution in [-0.2, 0) is 11.3 Å². The number of benzene rings is 1. The van der Waals surface area contributed by atoms with E-state index in [1.165, 1.54) is 5.56 Å². The Morgan fingerprint density at radius 2 is 2.00 bits per heavy atom. The predicted molar refractivity (Wildman–Crippen MR) is 62.3 cm³/mol. The van der Waals surface area contributed by atoms with Crippen LogP contribution in [0, 0.1) is 0 Å². The fraction of sp³-hybridized carbons (Fsp3) is 0.308. The molecule has 1 aromatic rings. The molecular weight excluding hydrogens is 186 g/mol. The molecule has 0 aliphatic heterocycles. The molecule has 80 valence electrons. The van der Waals surface area contributed by atoms with Crippen molar-refractivity contribution in [3.8, 4) is 0 Å². The number of unbranched alkanes of at least 4 members (excludes halogenated alkanes) is 1. The van der Waals surface area contributed by atoms with E-state index in [0.717, 1.165) is 25.8 Å².